The zero-order valence-electron chi connectivity index (χ0n) is 16.8. The lowest BCUT2D eigenvalue weighted by Crippen LogP contribution is -2.40. The number of esters is 1. The third kappa shape index (κ3) is 5.87. The van der Waals surface area contributed by atoms with Gasteiger partial charge in [0, 0.05) is 0 Å². The minimum atomic E-state index is -1.73. The number of benzene rings is 2. The molecule has 1 atom stereocenters. The molecule has 0 heterocycles. The van der Waals surface area contributed by atoms with Gasteiger partial charge in [0.25, 0.3) is 5.91 Å². The van der Waals surface area contributed by atoms with Crippen LogP contribution in [-0.4, -0.2) is 44.7 Å². The minimum Gasteiger partial charge on any atom is -0.493 e. The number of nitrogens with one attached hydrogen (secondary N) is 2. The van der Waals surface area contributed by atoms with Gasteiger partial charge in [0.15, 0.2) is 35.1 Å². The van der Waals surface area contributed by atoms with Crippen LogP contribution in [0.4, 0.5) is 18.9 Å². The van der Waals surface area contributed by atoms with Crippen molar-refractivity contribution in [2.45, 2.75) is 13.0 Å². The zero-order valence-corrected chi connectivity index (χ0v) is 16.8. The Morgan fingerprint density at radius 1 is 1.00 bits per heavy atom. The van der Waals surface area contributed by atoms with Crippen LogP contribution in [-0.2, 0) is 14.3 Å². The molecule has 0 unspecified atom stereocenters. The molecule has 2 amide bonds. The molecule has 0 saturated heterocycles. The molecular formula is C20H19F3N2O6. The van der Waals surface area contributed by atoms with E-state index < -0.39 is 53.6 Å². The Bertz CT molecular complexity index is 999. The van der Waals surface area contributed by atoms with E-state index in [1.54, 1.807) is 0 Å². The number of carbonyl (C=O) groups excluding carboxylic acids is 3. The average Bonchev–Trinajstić information content (AvgIpc) is 2.77. The SMILES string of the molecule is COC(=O)c1ccc(O[C@H](C)C(=O)NCC(=O)Nc2ccc(F)c(F)c2F)c(OC)c1. The van der Waals surface area contributed by atoms with Crippen molar-refractivity contribution in [2.75, 3.05) is 26.1 Å². The fourth-order valence-electron chi connectivity index (χ4n) is 2.38. The summed E-state index contributed by atoms with van der Waals surface area (Å²) in [6, 6.07) is 5.70. The van der Waals surface area contributed by atoms with Gasteiger partial charge in [-0.2, -0.15) is 0 Å². The lowest BCUT2D eigenvalue weighted by molar-refractivity contribution is -0.129. The second-order valence-corrected chi connectivity index (χ2v) is 6.11. The molecule has 0 aliphatic rings. The Labute approximate surface area is 175 Å². The quantitative estimate of drug-likeness (QED) is 0.483. The first-order chi connectivity index (χ1) is 14.7. The van der Waals surface area contributed by atoms with Crippen LogP contribution in [0.1, 0.15) is 17.3 Å². The third-order valence-electron chi connectivity index (χ3n) is 3.99. The molecule has 2 N–H and O–H groups in total. The molecule has 166 valence electrons. The van der Waals surface area contributed by atoms with Crippen molar-refractivity contribution < 1.29 is 41.8 Å². The van der Waals surface area contributed by atoms with Gasteiger partial charge in [0.05, 0.1) is 32.0 Å². The van der Waals surface area contributed by atoms with E-state index in [9.17, 15) is 27.6 Å². The molecule has 2 aromatic rings. The Kier molecular flexibility index (Phi) is 7.83. The maximum absolute atomic E-state index is 13.6. The molecule has 0 saturated carbocycles. The van der Waals surface area contributed by atoms with Gasteiger partial charge in [-0.25, -0.2) is 18.0 Å². The van der Waals surface area contributed by atoms with Crippen molar-refractivity contribution in [1.29, 1.82) is 0 Å². The Hall–Kier alpha value is -3.76. The standard InChI is InChI=1S/C20H19F3N2O6/c1-10(31-14-7-4-11(20(28)30-3)8-15(14)29-2)19(27)24-9-16(26)25-13-6-5-12(21)17(22)18(13)23/h4-8,10H,9H2,1-3H3,(H,24,27)(H,25,26)/t10-/m1/s1. The molecule has 31 heavy (non-hydrogen) atoms. The van der Waals surface area contributed by atoms with Gasteiger partial charge >= 0.3 is 5.97 Å². The zero-order chi connectivity index (χ0) is 23.1. The fourth-order valence-corrected chi connectivity index (χ4v) is 2.38. The average molecular weight is 440 g/mol. The summed E-state index contributed by atoms with van der Waals surface area (Å²) in [5, 5.41) is 4.29. The van der Waals surface area contributed by atoms with E-state index in [1.807, 2.05) is 5.32 Å². The number of amides is 2. The number of carbonyl (C=O) groups is 3. The van der Waals surface area contributed by atoms with Crippen molar-refractivity contribution in [3.63, 3.8) is 0 Å². The summed E-state index contributed by atoms with van der Waals surface area (Å²) < 4.78 is 54.9. The number of halogens is 3. The van der Waals surface area contributed by atoms with Gasteiger partial charge in [0.2, 0.25) is 5.91 Å². The van der Waals surface area contributed by atoms with Crippen LogP contribution in [0.3, 0.4) is 0 Å². The molecule has 0 radical (unpaired) electrons. The van der Waals surface area contributed by atoms with E-state index in [2.05, 4.69) is 10.1 Å². The van der Waals surface area contributed by atoms with E-state index in [0.717, 1.165) is 6.07 Å². The molecule has 0 bridgehead atoms. The van der Waals surface area contributed by atoms with E-state index in [0.29, 0.717) is 6.07 Å². The largest absolute Gasteiger partial charge is 0.493 e. The molecule has 0 fully saturated rings. The van der Waals surface area contributed by atoms with Crippen LogP contribution in [0, 0.1) is 17.5 Å². The highest BCUT2D eigenvalue weighted by Gasteiger charge is 2.20. The number of methoxy groups -OCH3 is 2. The Morgan fingerprint density at radius 2 is 1.71 bits per heavy atom. The maximum Gasteiger partial charge on any atom is 0.337 e. The molecule has 0 aromatic heterocycles. The van der Waals surface area contributed by atoms with Gasteiger partial charge < -0.3 is 24.8 Å². The Balaban J connectivity index is 1.95. The topological polar surface area (TPSA) is 103 Å². The maximum atomic E-state index is 13.6. The minimum absolute atomic E-state index is 0.158. The number of hydrogen-bond acceptors (Lipinski definition) is 6. The van der Waals surface area contributed by atoms with Gasteiger partial charge in [0.1, 0.15) is 0 Å². The molecule has 8 nitrogen and oxygen atoms in total. The number of rotatable bonds is 8. The molecule has 0 aliphatic heterocycles. The monoisotopic (exact) mass is 440 g/mol. The fraction of sp³-hybridized carbons (Fsp3) is 0.250. The highest BCUT2D eigenvalue weighted by molar-refractivity contribution is 5.95. The molecule has 11 heteroatoms. The predicted octanol–water partition coefficient (Wildman–Crippen LogP) is 2.42. The highest BCUT2D eigenvalue weighted by atomic mass is 19.2. The summed E-state index contributed by atoms with van der Waals surface area (Å²) in [4.78, 5) is 35.6. The van der Waals surface area contributed by atoms with Crippen molar-refractivity contribution in [2.24, 2.45) is 0 Å². The lowest BCUT2D eigenvalue weighted by atomic mass is 10.2. The van der Waals surface area contributed by atoms with Crippen LogP contribution in [0.25, 0.3) is 0 Å². The summed E-state index contributed by atoms with van der Waals surface area (Å²) >= 11 is 0. The highest BCUT2D eigenvalue weighted by Crippen LogP contribution is 2.29. The van der Waals surface area contributed by atoms with Gasteiger partial charge in [-0.1, -0.05) is 0 Å². The summed E-state index contributed by atoms with van der Waals surface area (Å²) in [5.41, 5.74) is -0.359. The normalized spacial score (nSPS) is 11.3. The van der Waals surface area contributed by atoms with Crippen LogP contribution in [0.5, 0.6) is 11.5 Å². The molecule has 0 aliphatic carbocycles. The number of hydrogen-bond donors (Lipinski definition) is 2. The summed E-state index contributed by atoms with van der Waals surface area (Å²) in [6.45, 7) is 0.819. The van der Waals surface area contributed by atoms with E-state index in [-0.39, 0.29) is 17.1 Å². The van der Waals surface area contributed by atoms with Crippen LogP contribution < -0.4 is 20.1 Å². The van der Waals surface area contributed by atoms with Gasteiger partial charge in [-0.15, -0.1) is 0 Å². The second-order valence-electron chi connectivity index (χ2n) is 6.11. The molecule has 2 aromatic carbocycles. The van der Waals surface area contributed by atoms with Crippen LogP contribution in [0.15, 0.2) is 30.3 Å². The van der Waals surface area contributed by atoms with E-state index in [1.165, 1.54) is 39.3 Å². The van der Waals surface area contributed by atoms with Crippen molar-refractivity contribution >= 4 is 23.5 Å². The first kappa shape index (κ1) is 23.5. The van der Waals surface area contributed by atoms with Crippen LogP contribution in [0.2, 0.25) is 0 Å². The van der Waals surface area contributed by atoms with E-state index in [4.69, 9.17) is 9.47 Å². The molecule has 0 spiro atoms. The summed E-state index contributed by atoms with van der Waals surface area (Å²) in [6.07, 6.45) is -1.08. The number of anilines is 1. The summed E-state index contributed by atoms with van der Waals surface area (Å²) in [5.74, 6) is -6.50. The van der Waals surface area contributed by atoms with E-state index >= 15 is 0 Å². The Morgan fingerprint density at radius 3 is 2.35 bits per heavy atom. The molecular weight excluding hydrogens is 421 g/mol. The van der Waals surface area contributed by atoms with Crippen molar-refractivity contribution in [3.05, 3.63) is 53.3 Å². The van der Waals surface area contributed by atoms with Crippen molar-refractivity contribution in [1.82, 2.24) is 5.32 Å². The third-order valence-corrected chi connectivity index (χ3v) is 3.99. The van der Waals surface area contributed by atoms with Crippen LogP contribution >= 0.6 is 0 Å². The number of ether oxygens (including phenoxy) is 3. The molecule has 2 rings (SSSR count). The van der Waals surface area contributed by atoms with Crippen molar-refractivity contribution in [3.8, 4) is 11.5 Å². The van der Waals surface area contributed by atoms with Gasteiger partial charge in [-0.3, -0.25) is 9.59 Å². The first-order valence-corrected chi connectivity index (χ1v) is 8.82. The lowest BCUT2D eigenvalue weighted by Gasteiger charge is -2.17. The smallest absolute Gasteiger partial charge is 0.337 e. The predicted molar refractivity (Wildman–Crippen MR) is 102 cm³/mol. The second kappa shape index (κ2) is 10.3. The summed E-state index contributed by atoms with van der Waals surface area (Å²) in [7, 11) is 2.57. The first-order valence-electron chi connectivity index (χ1n) is 8.82. The van der Waals surface area contributed by atoms with Gasteiger partial charge in [-0.05, 0) is 37.3 Å².